The molecule has 3 rings (SSSR count). The summed E-state index contributed by atoms with van der Waals surface area (Å²) in [4.78, 5) is 26.3. The fraction of sp³-hybridized carbons (Fsp3) is 0.182. The van der Waals surface area contributed by atoms with E-state index in [2.05, 4.69) is 0 Å². The van der Waals surface area contributed by atoms with Gasteiger partial charge in [0, 0.05) is 6.08 Å². The Morgan fingerprint density at radius 2 is 1.54 bits per heavy atom. The van der Waals surface area contributed by atoms with Gasteiger partial charge in [0.1, 0.15) is 0 Å². The molecule has 2 aromatic carbocycles. The first-order valence-corrected chi connectivity index (χ1v) is 8.65. The number of amides is 1. The fourth-order valence-electron chi connectivity index (χ4n) is 3.04. The summed E-state index contributed by atoms with van der Waals surface area (Å²) < 4.78 is 5.12. The van der Waals surface area contributed by atoms with Crippen molar-refractivity contribution < 1.29 is 14.3 Å². The zero-order valence-electron chi connectivity index (χ0n) is 14.7. The van der Waals surface area contributed by atoms with Gasteiger partial charge >= 0.3 is 5.97 Å². The topological polar surface area (TPSA) is 46.6 Å². The van der Waals surface area contributed by atoms with E-state index >= 15 is 0 Å². The predicted octanol–water partition coefficient (Wildman–Crippen LogP) is 4.13. The molecule has 1 heterocycles. The van der Waals surface area contributed by atoms with E-state index in [0.717, 1.165) is 35.3 Å². The summed E-state index contributed by atoms with van der Waals surface area (Å²) in [6.45, 7) is 1.55. The van der Waals surface area contributed by atoms with Crippen molar-refractivity contribution >= 4 is 23.3 Å². The molecule has 0 N–H and O–H groups in total. The Balaban J connectivity index is 1.86. The Labute approximate surface area is 153 Å². The maximum absolute atomic E-state index is 12.9. The van der Waals surface area contributed by atoms with Crippen LogP contribution < -0.4 is 4.90 Å². The highest BCUT2D eigenvalue weighted by Gasteiger charge is 2.25. The van der Waals surface area contributed by atoms with Crippen molar-refractivity contribution in [2.45, 2.75) is 19.8 Å². The molecular weight excluding hydrogens is 326 g/mol. The molecule has 4 nitrogen and oxygen atoms in total. The Morgan fingerprint density at radius 1 is 0.962 bits per heavy atom. The van der Waals surface area contributed by atoms with Crippen molar-refractivity contribution in [3.8, 4) is 0 Å². The number of carbonyl (C=O) groups is 2. The molecule has 0 unspecified atom stereocenters. The van der Waals surface area contributed by atoms with Gasteiger partial charge in [0.2, 0.25) is 0 Å². The van der Waals surface area contributed by atoms with Gasteiger partial charge in [-0.2, -0.15) is 0 Å². The van der Waals surface area contributed by atoms with Crippen molar-refractivity contribution in [2.24, 2.45) is 0 Å². The second-order valence-electron chi connectivity index (χ2n) is 5.98. The van der Waals surface area contributed by atoms with Crippen molar-refractivity contribution in [3.63, 3.8) is 0 Å². The molecule has 0 saturated carbocycles. The highest BCUT2D eigenvalue weighted by atomic mass is 16.5. The van der Waals surface area contributed by atoms with E-state index in [0.29, 0.717) is 0 Å². The van der Waals surface area contributed by atoms with Crippen LogP contribution in [0.25, 0.3) is 0 Å². The summed E-state index contributed by atoms with van der Waals surface area (Å²) in [5, 5.41) is 0. The van der Waals surface area contributed by atoms with Crippen LogP contribution in [0.15, 0.2) is 72.8 Å². The molecular formula is C22H21NO3. The van der Waals surface area contributed by atoms with Crippen LogP contribution in [0.4, 0.5) is 11.4 Å². The van der Waals surface area contributed by atoms with Gasteiger partial charge in [0.05, 0.1) is 11.4 Å². The van der Waals surface area contributed by atoms with Gasteiger partial charge in [-0.3, -0.25) is 9.69 Å². The summed E-state index contributed by atoms with van der Waals surface area (Å²) >= 11 is 0. The Kier molecular flexibility index (Phi) is 5.64. The quantitative estimate of drug-likeness (QED) is 0.475. The van der Waals surface area contributed by atoms with Gasteiger partial charge in [0.15, 0.2) is 6.61 Å². The second-order valence-corrected chi connectivity index (χ2v) is 5.98. The van der Waals surface area contributed by atoms with Gasteiger partial charge in [-0.1, -0.05) is 54.6 Å². The zero-order chi connectivity index (χ0) is 18.4. The standard InChI is InChI=1S/C22H21NO3/c1-2-3-4-13-22(25)26-16-21(24)23-19-11-7-5-9-17(19)14-15-18-10-6-8-12-20(18)23/h2-13H,14-16H2,1H3/b3-2+,13-4+. The molecule has 0 aromatic heterocycles. The second kappa shape index (κ2) is 8.30. The first kappa shape index (κ1) is 17.7. The lowest BCUT2D eigenvalue weighted by molar-refractivity contribution is -0.142. The molecule has 132 valence electrons. The molecule has 4 heteroatoms. The molecule has 2 aromatic rings. The maximum Gasteiger partial charge on any atom is 0.331 e. The van der Waals surface area contributed by atoms with E-state index in [4.69, 9.17) is 4.74 Å². The van der Waals surface area contributed by atoms with Crippen LogP contribution in [-0.4, -0.2) is 18.5 Å². The van der Waals surface area contributed by atoms with E-state index in [1.165, 1.54) is 6.08 Å². The smallest absolute Gasteiger partial charge is 0.331 e. The molecule has 0 atom stereocenters. The monoisotopic (exact) mass is 347 g/mol. The van der Waals surface area contributed by atoms with E-state index in [9.17, 15) is 9.59 Å². The van der Waals surface area contributed by atoms with Crippen LogP contribution in [0.1, 0.15) is 18.1 Å². The number of carbonyl (C=O) groups excluding carboxylic acids is 2. The number of allylic oxidation sites excluding steroid dienone is 3. The minimum atomic E-state index is -0.534. The predicted molar refractivity (Wildman–Crippen MR) is 102 cm³/mol. The van der Waals surface area contributed by atoms with Crippen LogP contribution in [0.3, 0.4) is 0 Å². The lowest BCUT2D eigenvalue weighted by atomic mass is 10.0. The fourth-order valence-corrected chi connectivity index (χ4v) is 3.04. The van der Waals surface area contributed by atoms with Gasteiger partial charge in [0.25, 0.3) is 5.91 Å². The molecule has 1 aliphatic heterocycles. The van der Waals surface area contributed by atoms with Crippen LogP contribution in [-0.2, 0) is 27.2 Å². The average molecular weight is 347 g/mol. The van der Waals surface area contributed by atoms with E-state index in [-0.39, 0.29) is 12.5 Å². The highest BCUT2D eigenvalue weighted by molar-refractivity contribution is 6.03. The Bertz CT molecular complexity index is 820. The number of rotatable bonds is 4. The average Bonchev–Trinajstić information content (AvgIpc) is 2.83. The van der Waals surface area contributed by atoms with Crippen LogP contribution in [0.2, 0.25) is 0 Å². The number of hydrogen-bond donors (Lipinski definition) is 0. The molecule has 26 heavy (non-hydrogen) atoms. The Hall–Kier alpha value is -3.14. The largest absolute Gasteiger partial charge is 0.452 e. The number of ether oxygens (including phenoxy) is 1. The number of aryl methyl sites for hydroxylation is 2. The third-order valence-corrected chi connectivity index (χ3v) is 4.25. The first-order valence-electron chi connectivity index (χ1n) is 8.65. The number of fused-ring (bicyclic) bond motifs is 2. The van der Waals surface area contributed by atoms with Crippen molar-refractivity contribution in [1.29, 1.82) is 0 Å². The van der Waals surface area contributed by atoms with E-state index < -0.39 is 5.97 Å². The van der Waals surface area contributed by atoms with Gasteiger partial charge in [-0.25, -0.2) is 4.79 Å². The van der Waals surface area contributed by atoms with Crippen LogP contribution in [0, 0.1) is 0 Å². The minimum absolute atomic E-state index is 0.264. The number of hydrogen-bond acceptors (Lipinski definition) is 3. The third kappa shape index (κ3) is 3.91. The lowest BCUT2D eigenvalue weighted by Crippen LogP contribution is -2.31. The molecule has 1 amide bonds. The van der Waals surface area contributed by atoms with Crippen molar-refractivity contribution in [1.82, 2.24) is 0 Å². The third-order valence-electron chi connectivity index (χ3n) is 4.25. The van der Waals surface area contributed by atoms with Gasteiger partial charge < -0.3 is 4.74 Å². The SMILES string of the molecule is C/C=C/C=C/C(=O)OCC(=O)N1c2ccccc2CCc2ccccc21. The number of anilines is 2. The molecule has 0 saturated heterocycles. The van der Waals surface area contributed by atoms with Crippen LogP contribution in [0.5, 0.6) is 0 Å². The summed E-state index contributed by atoms with van der Waals surface area (Å²) in [7, 11) is 0. The number of nitrogens with zero attached hydrogens (tertiary/aromatic N) is 1. The minimum Gasteiger partial charge on any atom is -0.452 e. The molecule has 0 fully saturated rings. The molecule has 0 radical (unpaired) electrons. The number of benzene rings is 2. The number of para-hydroxylation sites is 2. The Morgan fingerprint density at radius 3 is 2.12 bits per heavy atom. The summed E-state index contributed by atoms with van der Waals surface area (Å²) in [6.07, 6.45) is 8.15. The lowest BCUT2D eigenvalue weighted by Gasteiger charge is -2.24. The van der Waals surface area contributed by atoms with Gasteiger partial charge in [-0.05, 0) is 43.0 Å². The van der Waals surface area contributed by atoms with E-state index in [1.807, 2.05) is 55.5 Å². The molecule has 0 spiro atoms. The first-order chi connectivity index (χ1) is 12.7. The zero-order valence-corrected chi connectivity index (χ0v) is 14.7. The summed E-state index contributed by atoms with van der Waals surface area (Å²) in [5.41, 5.74) is 3.92. The highest BCUT2D eigenvalue weighted by Crippen LogP contribution is 2.35. The number of esters is 1. The van der Waals surface area contributed by atoms with E-state index in [1.54, 1.807) is 23.1 Å². The van der Waals surface area contributed by atoms with Gasteiger partial charge in [-0.15, -0.1) is 0 Å². The molecule has 0 bridgehead atoms. The maximum atomic E-state index is 12.9. The van der Waals surface area contributed by atoms with Crippen molar-refractivity contribution in [3.05, 3.63) is 84.0 Å². The summed E-state index contributed by atoms with van der Waals surface area (Å²) in [5.74, 6) is -0.799. The normalized spacial score (nSPS) is 13.3. The molecule has 1 aliphatic rings. The van der Waals surface area contributed by atoms with Crippen LogP contribution >= 0.6 is 0 Å². The summed E-state index contributed by atoms with van der Waals surface area (Å²) in [6, 6.07) is 15.7. The molecule has 0 aliphatic carbocycles. The van der Waals surface area contributed by atoms with Crippen molar-refractivity contribution in [2.75, 3.05) is 11.5 Å².